The summed E-state index contributed by atoms with van der Waals surface area (Å²) in [6.07, 6.45) is 0.669. The van der Waals surface area contributed by atoms with Crippen LogP contribution in [0.2, 0.25) is 5.02 Å². The molecule has 2 aromatic rings. The lowest BCUT2D eigenvalue weighted by molar-refractivity contribution is -0.129. The summed E-state index contributed by atoms with van der Waals surface area (Å²) < 4.78 is 0. The SMILES string of the molecule is Cc1ccc(N2C(=O)CC(c3ccccc3)CC2=O)cc1Cl. The number of imide groups is 1. The van der Waals surface area contributed by atoms with Gasteiger partial charge in [0, 0.05) is 23.8 Å². The maximum atomic E-state index is 12.4. The predicted molar refractivity (Wildman–Crippen MR) is 87.1 cm³/mol. The Hall–Kier alpha value is -2.13. The van der Waals surface area contributed by atoms with Crippen LogP contribution in [0.15, 0.2) is 48.5 Å². The Kier molecular flexibility index (Phi) is 3.99. The van der Waals surface area contributed by atoms with E-state index in [2.05, 4.69) is 0 Å². The van der Waals surface area contributed by atoms with Gasteiger partial charge in [-0.15, -0.1) is 0 Å². The van der Waals surface area contributed by atoms with Crippen molar-refractivity contribution in [3.8, 4) is 0 Å². The van der Waals surface area contributed by atoms with E-state index in [1.165, 1.54) is 4.90 Å². The molecule has 0 unspecified atom stereocenters. The Bertz CT molecular complexity index is 709. The monoisotopic (exact) mass is 313 g/mol. The zero-order chi connectivity index (χ0) is 15.7. The Balaban J connectivity index is 1.86. The summed E-state index contributed by atoms with van der Waals surface area (Å²) in [6.45, 7) is 1.89. The molecule has 0 bridgehead atoms. The molecule has 3 nitrogen and oxygen atoms in total. The quantitative estimate of drug-likeness (QED) is 0.783. The molecule has 1 heterocycles. The summed E-state index contributed by atoms with van der Waals surface area (Å²) in [4.78, 5) is 26.1. The van der Waals surface area contributed by atoms with Crippen molar-refractivity contribution in [2.45, 2.75) is 25.7 Å². The molecule has 1 aliphatic heterocycles. The van der Waals surface area contributed by atoms with Crippen LogP contribution in [-0.2, 0) is 9.59 Å². The van der Waals surface area contributed by atoms with Gasteiger partial charge < -0.3 is 0 Å². The summed E-state index contributed by atoms with van der Waals surface area (Å²) in [7, 11) is 0. The van der Waals surface area contributed by atoms with Gasteiger partial charge >= 0.3 is 0 Å². The van der Waals surface area contributed by atoms with Gasteiger partial charge in [0.05, 0.1) is 5.69 Å². The molecule has 1 fully saturated rings. The minimum absolute atomic E-state index is 0.0432. The van der Waals surface area contributed by atoms with E-state index in [9.17, 15) is 9.59 Å². The lowest BCUT2D eigenvalue weighted by Gasteiger charge is -2.30. The molecule has 22 heavy (non-hydrogen) atoms. The Morgan fingerprint density at radius 3 is 2.23 bits per heavy atom. The van der Waals surface area contributed by atoms with Crippen LogP contribution in [0.3, 0.4) is 0 Å². The van der Waals surface area contributed by atoms with E-state index in [4.69, 9.17) is 11.6 Å². The lowest BCUT2D eigenvalue weighted by atomic mass is 9.88. The second kappa shape index (κ2) is 5.93. The van der Waals surface area contributed by atoms with Gasteiger partial charge in [0.25, 0.3) is 0 Å². The number of hydrogen-bond donors (Lipinski definition) is 0. The number of nitrogens with zero attached hydrogens (tertiary/aromatic N) is 1. The molecule has 0 radical (unpaired) electrons. The minimum Gasteiger partial charge on any atom is -0.274 e. The van der Waals surface area contributed by atoms with E-state index in [-0.39, 0.29) is 17.7 Å². The number of rotatable bonds is 2. The maximum Gasteiger partial charge on any atom is 0.234 e. The summed E-state index contributed by atoms with van der Waals surface area (Å²) in [6, 6.07) is 15.0. The molecule has 0 saturated carbocycles. The molecular weight excluding hydrogens is 298 g/mol. The van der Waals surface area contributed by atoms with Crippen molar-refractivity contribution in [1.29, 1.82) is 0 Å². The fourth-order valence-corrected chi connectivity index (χ4v) is 2.96. The highest BCUT2D eigenvalue weighted by Crippen LogP contribution is 2.33. The van der Waals surface area contributed by atoms with E-state index >= 15 is 0 Å². The lowest BCUT2D eigenvalue weighted by Crippen LogP contribution is -2.42. The maximum absolute atomic E-state index is 12.4. The molecule has 4 heteroatoms. The number of anilines is 1. The van der Waals surface area contributed by atoms with Crippen molar-refractivity contribution in [3.63, 3.8) is 0 Å². The normalized spacial score (nSPS) is 16.2. The Morgan fingerprint density at radius 1 is 1.00 bits per heavy atom. The van der Waals surface area contributed by atoms with Crippen molar-refractivity contribution in [1.82, 2.24) is 0 Å². The first-order chi connectivity index (χ1) is 10.6. The van der Waals surface area contributed by atoms with Crippen LogP contribution in [0.1, 0.15) is 29.9 Å². The van der Waals surface area contributed by atoms with Gasteiger partial charge in [-0.05, 0) is 30.2 Å². The molecule has 112 valence electrons. The summed E-state index contributed by atoms with van der Waals surface area (Å²) in [5.74, 6) is -0.395. The first-order valence-corrected chi connectivity index (χ1v) is 7.61. The van der Waals surface area contributed by atoms with E-state index in [1.807, 2.05) is 43.3 Å². The number of carbonyl (C=O) groups excluding carboxylic acids is 2. The van der Waals surface area contributed by atoms with Crippen LogP contribution < -0.4 is 4.90 Å². The fraction of sp³-hybridized carbons (Fsp3) is 0.222. The molecule has 0 aromatic heterocycles. The topological polar surface area (TPSA) is 37.4 Å². The van der Waals surface area contributed by atoms with Crippen molar-refractivity contribution in [2.24, 2.45) is 0 Å². The number of halogens is 1. The molecule has 2 amide bonds. The molecule has 1 aliphatic rings. The predicted octanol–water partition coefficient (Wildman–Crippen LogP) is 4.09. The smallest absolute Gasteiger partial charge is 0.234 e. The molecular formula is C18H16ClNO2. The van der Waals surface area contributed by atoms with Gasteiger partial charge in [-0.2, -0.15) is 0 Å². The van der Waals surface area contributed by atoms with Crippen LogP contribution in [0.25, 0.3) is 0 Å². The third kappa shape index (κ3) is 2.77. The average Bonchev–Trinajstić information content (AvgIpc) is 2.51. The Labute approximate surface area is 134 Å². The second-order valence-electron chi connectivity index (χ2n) is 5.57. The van der Waals surface area contributed by atoms with Crippen LogP contribution in [0.5, 0.6) is 0 Å². The highest BCUT2D eigenvalue weighted by Gasteiger charge is 2.34. The van der Waals surface area contributed by atoms with Crippen molar-refractivity contribution >= 4 is 29.1 Å². The highest BCUT2D eigenvalue weighted by molar-refractivity contribution is 6.32. The number of hydrogen-bond acceptors (Lipinski definition) is 2. The number of carbonyl (C=O) groups is 2. The highest BCUT2D eigenvalue weighted by atomic mass is 35.5. The summed E-state index contributed by atoms with van der Waals surface area (Å²) >= 11 is 6.10. The zero-order valence-corrected chi connectivity index (χ0v) is 13.0. The van der Waals surface area contributed by atoms with Crippen LogP contribution >= 0.6 is 11.6 Å². The first-order valence-electron chi connectivity index (χ1n) is 7.23. The largest absolute Gasteiger partial charge is 0.274 e. The minimum atomic E-state index is -0.176. The number of piperidine rings is 1. The molecule has 1 saturated heterocycles. The van der Waals surface area contributed by atoms with Crippen molar-refractivity contribution < 1.29 is 9.59 Å². The average molecular weight is 314 g/mol. The zero-order valence-electron chi connectivity index (χ0n) is 12.3. The molecule has 0 spiro atoms. The summed E-state index contributed by atoms with van der Waals surface area (Å²) in [5.41, 5.74) is 2.51. The van der Waals surface area contributed by atoms with Crippen LogP contribution in [0, 0.1) is 6.92 Å². The van der Waals surface area contributed by atoms with E-state index < -0.39 is 0 Å². The van der Waals surface area contributed by atoms with Gasteiger partial charge in [-0.25, -0.2) is 0 Å². The third-order valence-electron chi connectivity index (χ3n) is 4.03. The van der Waals surface area contributed by atoms with E-state index in [1.54, 1.807) is 12.1 Å². The number of benzene rings is 2. The van der Waals surface area contributed by atoms with Gasteiger partial charge in [-0.1, -0.05) is 48.0 Å². The van der Waals surface area contributed by atoms with Crippen LogP contribution in [0.4, 0.5) is 5.69 Å². The number of amides is 2. The van der Waals surface area contributed by atoms with Gasteiger partial charge in [0.1, 0.15) is 0 Å². The van der Waals surface area contributed by atoms with Gasteiger partial charge in [-0.3, -0.25) is 14.5 Å². The van der Waals surface area contributed by atoms with Crippen molar-refractivity contribution in [2.75, 3.05) is 4.90 Å². The Morgan fingerprint density at radius 2 is 1.64 bits per heavy atom. The fourth-order valence-electron chi connectivity index (χ4n) is 2.79. The van der Waals surface area contributed by atoms with Crippen LogP contribution in [-0.4, -0.2) is 11.8 Å². The second-order valence-corrected chi connectivity index (χ2v) is 5.98. The summed E-state index contributed by atoms with van der Waals surface area (Å²) in [5, 5.41) is 0.559. The van der Waals surface area contributed by atoms with Gasteiger partial charge in [0.2, 0.25) is 11.8 Å². The molecule has 0 N–H and O–H groups in total. The molecule has 2 aromatic carbocycles. The van der Waals surface area contributed by atoms with E-state index in [0.717, 1.165) is 11.1 Å². The molecule has 0 aliphatic carbocycles. The third-order valence-corrected chi connectivity index (χ3v) is 4.43. The van der Waals surface area contributed by atoms with Crippen molar-refractivity contribution in [3.05, 3.63) is 64.7 Å². The number of aryl methyl sites for hydroxylation is 1. The van der Waals surface area contributed by atoms with E-state index in [0.29, 0.717) is 23.6 Å². The standard InChI is InChI=1S/C18H16ClNO2/c1-12-7-8-15(11-16(12)19)20-17(21)9-14(10-18(20)22)13-5-3-2-4-6-13/h2-8,11,14H,9-10H2,1H3. The molecule has 3 rings (SSSR count). The molecule has 0 atom stereocenters. The van der Waals surface area contributed by atoms with Gasteiger partial charge in [0.15, 0.2) is 0 Å². The first kappa shape index (κ1) is 14.8.